The fourth-order valence-corrected chi connectivity index (χ4v) is 3.22. The first kappa shape index (κ1) is 21.8. The van der Waals surface area contributed by atoms with Crippen LogP contribution in [0.2, 0.25) is 0 Å². The number of carbonyl (C=O) groups excluding carboxylic acids is 2. The van der Waals surface area contributed by atoms with E-state index in [0.29, 0.717) is 16.7 Å². The van der Waals surface area contributed by atoms with Crippen LogP contribution in [-0.4, -0.2) is 23.9 Å². The summed E-state index contributed by atoms with van der Waals surface area (Å²) in [5.41, 5.74) is -0.316. The number of pyridine rings is 1. The number of amides is 2. The number of aromatic nitrogens is 1. The van der Waals surface area contributed by atoms with Crippen LogP contribution in [0.4, 0.5) is 29.3 Å². The molecule has 0 aliphatic rings. The van der Waals surface area contributed by atoms with Gasteiger partial charge in [0.05, 0.1) is 30.1 Å². The number of nitrogens with one attached hydrogen (secondary N) is 2. The van der Waals surface area contributed by atoms with E-state index in [-0.39, 0.29) is 11.3 Å². The maximum absolute atomic E-state index is 15.1. The summed E-state index contributed by atoms with van der Waals surface area (Å²) in [5.74, 6) is -2.93. The Morgan fingerprint density at radius 1 is 0.909 bits per heavy atom. The molecule has 0 atom stereocenters. The van der Waals surface area contributed by atoms with E-state index in [1.165, 1.54) is 43.6 Å². The minimum absolute atomic E-state index is 0.0946. The van der Waals surface area contributed by atoms with Crippen LogP contribution in [0.25, 0.3) is 10.9 Å². The summed E-state index contributed by atoms with van der Waals surface area (Å²) >= 11 is 0. The Labute approximate surface area is 186 Å². The van der Waals surface area contributed by atoms with E-state index < -0.39 is 40.5 Å². The number of methoxy groups -OCH3 is 1. The van der Waals surface area contributed by atoms with Gasteiger partial charge in [-0.15, -0.1) is 0 Å². The average Bonchev–Trinajstić information content (AvgIpc) is 2.80. The molecule has 6 nitrogen and oxygen atoms in total. The lowest BCUT2D eigenvalue weighted by Gasteiger charge is -2.12. The minimum Gasteiger partial charge on any atom is -0.495 e. The zero-order valence-corrected chi connectivity index (χ0v) is 17.2. The van der Waals surface area contributed by atoms with Crippen molar-refractivity contribution in [2.45, 2.75) is 0 Å². The van der Waals surface area contributed by atoms with Gasteiger partial charge in [-0.3, -0.25) is 9.78 Å². The number of hydrogen-bond acceptors (Lipinski definition) is 4. The first-order valence-electron chi connectivity index (χ1n) is 9.65. The second-order valence-corrected chi connectivity index (χ2v) is 7.02. The standard InChI is InChI=1S/C24H16F3N3O3/c1-33-18-8-14-7-13(5-6-20(14)28-12-18)23(31)19-10-16(26)11-21(22(19)27)30-24(32)29-17-4-2-3-15(25)9-17/h2-12H,1H3,(H2,29,30,32). The van der Waals surface area contributed by atoms with Crippen molar-refractivity contribution in [2.75, 3.05) is 17.7 Å². The van der Waals surface area contributed by atoms with Gasteiger partial charge >= 0.3 is 6.03 Å². The van der Waals surface area contributed by atoms with Crippen molar-refractivity contribution in [3.8, 4) is 5.75 Å². The van der Waals surface area contributed by atoms with E-state index in [2.05, 4.69) is 15.6 Å². The van der Waals surface area contributed by atoms with Gasteiger partial charge in [0.25, 0.3) is 0 Å². The fourth-order valence-electron chi connectivity index (χ4n) is 3.22. The van der Waals surface area contributed by atoms with Gasteiger partial charge in [-0.05, 0) is 48.5 Å². The summed E-state index contributed by atoms with van der Waals surface area (Å²) < 4.78 is 47.7. The maximum atomic E-state index is 15.1. The van der Waals surface area contributed by atoms with Crippen molar-refractivity contribution in [3.63, 3.8) is 0 Å². The zero-order valence-electron chi connectivity index (χ0n) is 17.2. The molecule has 0 saturated heterocycles. The van der Waals surface area contributed by atoms with E-state index in [4.69, 9.17) is 4.74 Å². The van der Waals surface area contributed by atoms with Crippen LogP contribution in [0, 0.1) is 17.5 Å². The van der Waals surface area contributed by atoms with Crippen LogP contribution in [0.15, 0.2) is 66.9 Å². The number of fused-ring (bicyclic) bond motifs is 1. The number of halogens is 3. The van der Waals surface area contributed by atoms with E-state index in [1.54, 1.807) is 12.1 Å². The van der Waals surface area contributed by atoms with Gasteiger partial charge in [-0.1, -0.05) is 6.07 Å². The van der Waals surface area contributed by atoms with E-state index in [0.717, 1.165) is 18.2 Å². The Balaban J connectivity index is 1.62. The van der Waals surface area contributed by atoms with Crippen LogP contribution >= 0.6 is 0 Å². The van der Waals surface area contributed by atoms with Crippen LogP contribution in [0.5, 0.6) is 5.75 Å². The Morgan fingerprint density at radius 3 is 2.48 bits per heavy atom. The largest absolute Gasteiger partial charge is 0.495 e. The molecule has 1 heterocycles. The van der Waals surface area contributed by atoms with E-state index in [9.17, 15) is 18.4 Å². The molecular weight excluding hydrogens is 435 g/mol. The number of carbonyl (C=O) groups is 2. The summed E-state index contributed by atoms with van der Waals surface area (Å²) in [5, 5.41) is 5.02. The summed E-state index contributed by atoms with van der Waals surface area (Å²) in [7, 11) is 1.47. The van der Waals surface area contributed by atoms with E-state index in [1.807, 2.05) is 0 Å². The lowest BCUT2D eigenvalue weighted by molar-refractivity contribution is 0.103. The van der Waals surface area contributed by atoms with Gasteiger partial charge in [-0.25, -0.2) is 18.0 Å². The first-order valence-corrected chi connectivity index (χ1v) is 9.65. The maximum Gasteiger partial charge on any atom is 0.323 e. The minimum atomic E-state index is -1.11. The number of ketones is 1. The Morgan fingerprint density at radius 2 is 1.73 bits per heavy atom. The molecule has 3 aromatic carbocycles. The summed E-state index contributed by atoms with van der Waals surface area (Å²) in [6.07, 6.45) is 1.52. The third kappa shape index (κ3) is 4.77. The number of ether oxygens (including phenoxy) is 1. The third-order valence-corrected chi connectivity index (χ3v) is 4.77. The highest BCUT2D eigenvalue weighted by Gasteiger charge is 2.20. The Hall–Kier alpha value is -4.40. The first-order chi connectivity index (χ1) is 15.8. The summed E-state index contributed by atoms with van der Waals surface area (Å²) in [4.78, 5) is 29.3. The van der Waals surface area contributed by atoms with Crippen LogP contribution in [0.3, 0.4) is 0 Å². The van der Waals surface area contributed by atoms with Crippen molar-refractivity contribution in [2.24, 2.45) is 0 Å². The molecule has 0 radical (unpaired) electrons. The van der Waals surface area contributed by atoms with Gasteiger partial charge in [0, 0.05) is 22.7 Å². The molecule has 33 heavy (non-hydrogen) atoms. The molecule has 4 rings (SSSR count). The molecule has 2 amide bonds. The molecule has 0 aliphatic heterocycles. The fraction of sp³-hybridized carbons (Fsp3) is 0.0417. The number of rotatable bonds is 5. The summed E-state index contributed by atoms with van der Waals surface area (Å²) in [6, 6.07) is 11.8. The highest BCUT2D eigenvalue weighted by Crippen LogP contribution is 2.26. The predicted molar refractivity (Wildman–Crippen MR) is 117 cm³/mol. The number of nitrogens with zero attached hydrogens (tertiary/aromatic N) is 1. The molecule has 1 aromatic heterocycles. The molecule has 166 valence electrons. The number of anilines is 2. The lowest BCUT2D eigenvalue weighted by atomic mass is 10.00. The van der Waals surface area contributed by atoms with Crippen LogP contribution in [0.1, 0.15) is 15.9 Å². The van der Waals surface area contributed by atoms with Gasteiger partial charge in [0.1, 0.15) is 17.4 Å². The Kier molecular flexibility index (Phi) is 5.95. The highest BCUT2D eigenvalue weighted by atomic mass is 19.1. The summed E-state index contributed by atoms with van der Waals surface area (Å²) in [6.45, 7) is 0. The second kappa shape index (κ2) is 8.99. The topological polar surface area (TPSA) is 80.3 Å². The second-order valence-electron chi connectivity index (χ2n) is 7.02. The molecule has 0 unspecified atom stereocenters. The van der Waals surface area contributed by atoms with Crippen LogP contribution in [-0.2, 0) is 0 Å². The smallest absolute Gasteiger partial charge is 0.323 e. The third-order valence-electron chi connectivity index (χ3n) is 4.77. The molecule has 0 spiro atoms. The van der Waals surface area contributed by atoms with Crippen molar-refractivity contribution in [1.29, 1.82) is 0 Å². The number of benzene rings is 3. The molecule has 0 saturated carbocycles. The number of hydrogen-bond donors (Lipinski definition) is 2. The normalized spacial score (nSPS) is 10.7. The molecular formula is C24H16F3N3O3. The SMILES string of the molecule is COc1cnc2ccc(C(=O)c3cc(F)cc(NC(=O)Nc4cccc(F)c4)c3F)cc2c1. The highest BCUT2D eigenvalue weighted by molar-refractivity contribution is 6.11. The lowest BCUT2D eigenvalue weighted by Crippen LogP contribution is -2.21. The predicted octanol–water partition coefficient (Wildman–Crippen LogP) is 5.54. The van der Waals surface area contributed by atoms with Crippen molar-refractivity contribution in [1.82, 2.24) is 4.98 Å². The molecule has 0 aliphatic carbocycles. The molecule has 9 heteroatoms. The van der Waals surface area contributed by atoms with Crippen molar-refractivity contribution in [3.05, 3.63) is 95.4 Å². The Bertz CT molecular complexity index is 1390. The van der Waals surface area contributed by atoms with E-state index >= 15 is 4.39 Å². The van der Waals surface area contributed by atoms with Crippen molar-refractivity contribution < 1.29 is 27.5 Å². The molecule has 4 aromatic rings. The number of urea groups is 1. The van der Waals surface area contributed by atoms with Crippen molar-refractivity contribution >= 4 is 34.1 Å². The molecule has 2 N–H and O–H groups in total. The van der Waals surface area contributed by atoms with Crippen LogP contribution < -0.4 is 15.4 Å². The molecule has 0 bridgehead atoms. The van der Waals surface area contributed by atoms with Gasteiger partial charge in [0.2, 0.25) is 0 Å². The van der Waals surface area contributed by atoms with Gasteiger partial charge in [0.15, 0.2) is 11.6 Å². The molecule has 0 fully saturated rings. The monoisotopic (exact) mass is 451 g/mol. The quantitative estimate of drug-likeness (QED) is 0.391. The zero-order chi connectivity index (χ0) is 23.5. The van der Waals surface area contributed by atoms with Gasteiger partial charge in [-0.2, -0.15) is 0 Å². The van der Waals surface area contributed by atoms with Gasteiger partial charge < -0.3 is 15.4 Å². The average molecular weight is 451 g/mol.